The second-order valence-corrected chi connectivity index (χ2v) is 5.30. The lowest BCUT2D eigenvalue weighted by atomic mass is 9.90. The molecule has 2 rings (SSSR count). The largest absolute Gasteiger partial charge is 0.378 e. The topological polar surface area (TPSA) is 59.6 Å². The van der Waals surface area contributed by atoms with Gasteiger partial charge in [-0.05, 0) is 26.7 Å². The van der Waals surface area contributed by atoms with E-state index in [1.165, 1.54) is 0 Å². The van der Waals surface area contributed by atoms with Crippen molar-refractivity contribution in [2.24, 2.45) is 0 Å². The zero-order chi connectivity index (χ0) is 12.3. The summed E-state index contributed by atoms with van der Waals surface area (Å²) in [6, 6.07) is 0.281. The Morgan fingerprint density at radius 2 is 2.24 bits per heavy atom. The fraction of sp³-hybridized carbons (Fsp3) is 0.917. The molecule has 0 bridgehead atoms. The summed E-state index contributed by atoms with van der Waals surface area (Å²) in [4.78, 5) is 11.6. The van der Waals surface area contributed by atoms with Crippen molar-refractivity contribution in [3.8, 4) is 0 Å². The average molecular weight is 242 g/mol. The number of hydrogen-bond donors (Lipinski definition) is 2. The molecule has 0 unspecified atom stereocenters. The lowest BCUT2D eigenvalue weighted by Gasteiger charge is -2.37. The van der Waals surface area contributed by atoms with E-state index in [0.29, 0.717) is 13.2 Å². The number of nitrogens with one attached hydrogen (secondary N) is 2. The van der Waals surface area contributed by atoms with Crippen LogP contribution in [-0.2, 0) is 9.47 Å². The molecule has 2 saturated heterocycles. The molecule has 2 fully saturated rings. The Bertz CT molecular complexity index is 275. The van der Waals surface area contributed by atoms with E-state index in [-0.39, 0.29) is 23.7 Å². The highest BCUT2D eigenvalue weighted by Crippen LogP contribution is 2.32. The second-order valence-electron chi connectivity index (χ2n) is 5.30. The van der Waals surface area contributed by atoms with Crippen LogP contribution in [0, 0.1) is 0 Å². The van der Waals surface area contributed by atoms with Crippen LogP contribution in [0.15, 0.2) is 0 Å². The molecule has 2 N–H and O–H groups in total. The Hall–Kier alpha value is -0.810. The van der Waals surface area contributed by atoms with Crippen molar-refractivity contribution in [2.45, 2.75) is 50.8 Å². The number of ether oxygens (including phenoxy) is 2. The maximum absolute atomic E-state index is 11.6. The summed E-state index contributed by atoms with van der Waals surface area (Å²) < 4.78 is 11.2. The van der Waals surface area contributed by atoms with Crippen LogP contribution >= 0.6 is 0 Å². The summed E-state index contributed by atoms with van der Waals surface area (Å²) >= 11 is 0. The van der Waals surface area contributed by atoms with Crippen molar-refractivity contribution in [1.82, 2.24) is 10.6 Å². The van der Waals surface area contributed by atoms with Crippen LogP contribution in [0.4, 0.5) is 4.79 Å². The molecule has 0 aromatic rings. The summed E-state index contributed by atoms with van der Waals surface area (Å²) in [5.41, 5.74) is -0.145. The minimum Gasteiger partial charge on any atom is -0.378 e. The van der Waals surface area contributed by atoms with Gasteiger partial charge in [0.2, 0.25) is 0 Å². The van der Waals surface area contributed by atoms with Crippen molar-refractivity contribution in [3.63, 3.8) is 0 Å². The summed E-state index contributed by atoms with van der Waals surface area (Å²) in [6.07, 6.45) is 2.68. The first kappa shape index (κ1) is 12.6. The van der Waals surface area contributed by atoms with E-state index in [4.69, 9.17) is 9.47 Å². The maximum Gasteiger partial charge on any atom is 0.315 e. The van der Waals surface area contributed by atoms with Gasteiger partial charge in [-0.1, -0.05) is 0 Å². The van der Waals surface area contributed by atoms with Gasteiger partial charge in [-0.2, -0.15) is 0 Å². The van der Waals surface area contributed by atoms with Gasteiger partial charge in [0.15, 0.2) is 0 Å². The number of amides is 2. The molecule has 1 spiro atoms. The molecule has 98 valence electrons. The Kier molecular flexibility index (Phi) is 3.89. The predicted octanol–water partition coefficient (Wildman–Crippen LogP) is 1.03. The zero-order valence-electron chi connectivity index (χ0n) is 10.6. The molecule has 2 atom stereocenters. The van der Waals surface area contributed by atoms with Gasteiger partial charge in [0.25, 0.3) is 0 Å². The Labute approximate surface area is 102 Å². The number of carbonyl (C=O) groups is 1. The third-order valence-corrected chi connectivity index (χ3v) is 3.32. The first-order valence-corrected chi connectivity index (χ1v) is 6.38. The van der Waals surface area contributed by atoms with Gasteiger partial charge in [-0.3, -0.25) is 0 Å². The first-order chi connectivity index (χ1) is 8.10. The van der Waals surface area contributed by atoms with Gasteiger partial charge >= 0.3 is 6.03 Å². The van der Waals surface area contributed by atoms with E-state index in [2.05, 4.69) is 10.6 Å². The molecular formula is C12H22N2O3. The molecule has 0 aliphatic carbocycles. The smallest absolute Gasteiger partial charge is 0.315 e. The van der Waals surface area contributed by atoms with E-state index in [9.17, 15) is 4.79 Å². The van der Waals surface area contributed by atoms with Crippen molar-refractivity contribution in [2.75, 3.05) is 19.8 Å². The third kappa shape index (κ3) is 3.33. The molecule has 2 amide bonds. The van der Waals surface area contributed by atoms with Crippen LogP contribution < -0.4 is 10.6 Å². The Morgan fingerprint density at radius 1 is 1.41 bits per heavy atom. The van der Waals surface area contributed by atoms with Crippen molar-refractivity contribution >= 4 is 6.03 Å². The number of hydrogen-bond acceptors (Lipinski definition) is 3. The van der Waals surface area contributed by atoms with Crippen LogP contribution in [0.5, 0.6) is 0 Å². The van der Waals surface area contributed by atoms with Gasteiger partial charge in [0.05, 0.1) is 12.2 Å². The van der Waals surface area contributed by atoms with Crippen LogP contribution in [0.25, 0.3) is 0 Å². The fourth-order valence-electron chi connectivity index (χ4n) is 2.50. The summed E-state index contributed by atoms with van der Waals surface area (Å²) in [6.45, 7) is 6.05. The molecule has 17 heavy (non-hydrogen) atoms. The highest BCUT2D eigenvalue weighted by Gasteiger charge is 2.41. The molecule has 0 aromatic heterocycles. The zero-order valence-corrected chi connectivity index (χ0v) is 10.6. The highest BCUT2D eigenvalue weighted by molar-refractivity contribution is 5.74. The standard InChI is InChI=1S/C12H22N2O3/c1-9(2)13-11(15)14-10-3-5-17-12(7-10)4-6-16-8-12/h9-10H,3-8H2,1-2H3,(H2,13,14,15)/t10-,12-/m0/s1. The third-order valence-electron chi connectivity index (χ3n) is 3.32. The van der Waals surface area contributed by atoms with Crippen LogP contribution in [0.3, 0.4) is 0 Å². The number of urea groups is 1. The minimum absolute atomic E-state index is 0.0824. The minimum atomic E-state index is -0.145. The van der Waals surface area contributed by atoms with Crippen molar-refractivity contribution in [3.05, 3.63) is 0 Å². The molecule has 5 heteroatoms. The van der Waals surface area contributed by atoms with E-state index in [0.717, 1.165) is 25.9 Å². The molecule has 0 saturated carbocycles. The second kappa shape index (κ2) is 5.23. The molecule has 5 nitrogen and oxygen atoms in total. The van der Waals surface area contributed by atoms with Crippen LogP contribution in [-0.4, -0.2) is 43.5 Å². The predicted molar refractivity (Wildman–Crippen MR) is 63.9 cm³/mol. The molecule has 2 aliphatic heterocycles. The van der Waals surface area contributed by atoms with Crippen molar-refractivity contribution in [1.29, 1.82) is 0 Å². The van der Waals surface area contributed by atoms with Crippen molar-refractivity contribution < 1.29 is 14.3 Å². The fourth-order valence-corrected chi connectivity index (χ4v) is 2.50. The Balaban J connectivity index is 1.83. The highest BCUT2D eigenvalue weighted by atomic mass is 16.6. The molecule has 0 radical (unpaired) electrons. The average Bonchev–Trinajstić information content (AvgIpc) is 2.64. The maximum atomic E-state index is 11.6. The van der Waals surface area contributed by atoms with Gasteiger partial charge in [-0.15, -0.1) is 0 Å². The lowest BCUT2D eigenvalue weighted by molar-refractivity contribution is -0.0878. The Morgan fingerprint density at radius 3 is 2.88 bits per heavy atom. The summed E-state index contributed by atoms with van der Waals surface area (Å²) in [5.74, 6) is 0. The molecular weight excluding hydrogens is 220 g/mol. The van der Waals surface area contributed by atoms with Gasteiger partial charge in [-0.25, -0.2) is 4.79 Å². The first-order valence-electron chi connectivity index (χ1n) is 6.38. The summed E-state index contributed by atoms with van der Waals surface area (Å²) in [7, 11) is 0. The van der Waals surface area contributed by atoms with Gasteiger partial charge in [0, 0.05) is 31.7 Å². The lowest BCUT2D eigenvalue weighted by Crippen LogP contribution is -2.52. The van der Waals surface area contributed by atoms with E-state index in [1.54, 1.807) is 0 Å². The number of rotatable bonds is 2. The molecule has 2 aliphatic rings. The molecule has 2 heterocycles. The normalized spacial score (nSPS) is 33.0. The van der Waals surface area contributed by atoms with Crippen LogP contribution in [0.2, 0.25) is 0 Å². The van der Waals surface area contributed by atoms with E-state index >= 15 is 0 Å². The van der Waals surface area contributed by atoms with Crippen LogP contribution in [0.1, 0.15) is 33.1 Å². The number of carbonyl (C=O) groups excluding carboxylic acids is 1. The monoisotopic (exact) mass is 242 g/mol. The van der Waals surface area contributed by atoms with E-state index in [1.807, 2.05) is 13.8 Å². The summed E-state index contributed by atoms with van der Waals surface area (Å²) in [5, 5.41) is 5.86. The van der Waals surface area contributed by atoms with Gasteiger partial charge < -0.3 is 20.1 Å². The quantitative estimate of drug-likeness (QED) is 0.760. The SMILES string of the molecule is CC(C)NC(=O)N[C@H]1CCO[C@@]2(CCOC2)C1. The van der Waals surface area contributed by atoms with E-state index < -0.39 is 0 Å². The van der Waals surface area contributed by atoms with Gasteiger partial charge in [0.1, 0.15) is 0 Å². The molecule has 0 aromatic carbocycles.